The molecule has 0 amide bonds. The fourth-order valence-corrected chi connectivity index (χ4v) is 2.43. The Kier molecular flexibility index (Phi) is 4.03. The third-order valence-electron chi connectivity index (χ3n) is 2.75. The van der Waals surface area contributed by atoms with Gasteiger partial charge in [0.2, 0.25) is 11.6 Å². The molecule has 0 aliphatic heterocycles. The summed E-state index contributed by atoms with van der Waals surface area (Å²) in [5.74, 6) is -0.332. The minimum absolute atomic E-state index is 0.0263. The molecule has 0 aliphatic carbocycles. The summed E-state index contributed by atoms with van der Waals surface area (Å²) in [6, 6.07) is 3.17. The van der Waals surface area contributed by atoms with Crippen LogP contribution >= 0.6 is 15.9 Å². The lowest BCUT2D eigenvalue weighted by Crippen LogP contribution is -1.99. The van der Waals surface area contributed by atoms with E-state index in [-0.39, 0.29) is 5.75 Å². The van der Waals surface area contributed by atoms with E-state index in [0.29, 0.717) is 11.2 Å². The Morgan fingerprint density at radius 1 is 1.55 bits per heavy atom. The maximum atomic E-state index is 13.1. The first kappa shape index (κ1) is 14.4. The number of alkyl halides is 1. The van der Waals surface area contributed by atoms with E-state index in [2.05, 4.69) is 21.0 Å². The van der Waals surface area contributed by atoms with Gasteiger partial charge in [-0.3, -0.25) is 10.1 Å². The van der Waals surface area contributed by atoms with Crippen molar-refractivity contribution >= 4 is 21.6 Å². The van der Waals surface area contributed by atoms with E-state index in [9.17, 15) is 14.5 Å². The third kappa shape index (κ3) is 2.64. The quantitative estimate of drug-likeness (QED) is 0.484. The van der Waals surface area contributed by atoms with Gasteiger partial charge in [0.25, 0.3) is 0 Å². The standard InChI is InChI=1S/C12H11BrFN3O3/c1-7-9(6-13)12(16(2)15-7)20-11-4-3-8(14)5-10(11)17(18)19/h3-5H,6H2,1-2H3. The molecule has 1 heterocycles. The van der Waals surface area contributed by atoms with Crippen molar-refractivity contribution in [3.8, 4) is 11.6 Å². The summed E-state index contributed by atoms with van der Waals surface area (Å²) < 4.78 is 20.1. The average molecular weight is 344 g/mol. The molecule has 0 unspecified atom stereocenters. The van der Waals surface area contributed by atoms with Crippen molar-refractivity contribution in [1.29, 1.82) is 0 Å². The molecular formula is C12H11BrFN3O3. The van der Waals surface area contributed by atoms with Gasteiger partial charge in [0.05, 0.1) is 16.7 Å². The highest BCUT2D eigenvalue weighted by Gasteiger charge is 2.21. The van der Waals surface area contributed by atoms with Gasteiger partial charge in [0, 0.05) is 17.9 Å². The highest BCUT2D eigenvalue weighted by Crippen LogP contribution is 2.34. The largest absolute Gasteiger partial charge is 0.432 e. The number of aromatic nitrogens is 2. The summed E-state index contributed by atoms with van der Waals surface area (Å²) in [6.45, 7) is 1.81. The van der Waals surface area contributed by atoms with Crippen LogP contribution in [0.5, 0.6) is 11.6 Å². The first-order valence-corrected chi connectivity index (χ1v) is 6.76. The predicted octanol–water partition coefficient (Wildman–Crippen LogP) is 3.46. The average Bonchev–Trinajstić information content (AvgIpc) is 2.65. The fourth-order valence-electron chi connectivity index (χ4n) is 1.79. The Morgan fingerprint density at radius 2 is 2.25 bits per heavy atom. The van der Waals surface area contributed by atoms with Crippen molar-refractivity contribution in [2.24, 2.45) is 7.05 Å². The van der Waals surface area contributed by atoms with Gasteiger partial charge in [-0.05, 0) is 19.1 Å². The van der Waals surface area contributed by atoms with Crippen LogP contribution in [0.2, 0.25) is 0 Å². The van der Waals surface area contributed by atoms with Crippen LogP contribution in [0.15, 0.2) is 18.2 Å². The second kappa shape index (κ2) is 5.58. The molecule has 106 valence electrons. The number of nitro benzene ring substituents is 1. The van der Waals surface area contributed by atoms with Gasteiger partial charge >= 0.3 is 5.69 Å². The Morgan fingerprint density at radius 3 is 2.85 bits per heavy atom. The van der Waals surface area contributed by atoms with Gasteiger partial charge in [-0.15, -0.1) is 0 Å². The topological polar surface area (TPSA) is 70.2 Å². The molecule has 0 atom stereocenters. The molecule has 0 radical (unpaired) electrons. The van der Waals surface area contributed by atoms with Crippen molar-refractivity contribution in [2.75, 3.05) is 0 Å². The minimum Gasteiger partial charge on any atom is -0.432 e. The molecular weight excluding hydrogens is 333 g/mol. The summed E-state index contributed by atoms with van der Waals surface area (Å²) in [4.78, 5) is 10.3. The van der Waals surface area contributed by atoms with Crippen LogP contribution in [0.25, 0.3) is 0 Å². The van der Waals surface area contributed by atoms with Gasteiger partial charge in [-0.25, -0.2) is 9.07 Å². The van der Waals surface area contributed by atoms with E-state index < -0.39 is 16.4 Å². The van der Waals surface area contributed by atoms with Crippen LogP contribution in [0, 0.1) is 22.9 Å². The zero-order valence-electron chi connectivity index (χ0n) is 10.8. The van der Waals surface area contributed by atoms with Crippen LogP contribution in [0.3, 0.4) is 0 Å². The van der Waals surface area contributed by atoms with Crippen molar-refractivity contribution in [2.45, 2.75) is 12.3 Å². The number of halogens is 2. The van der Waals surface area contributed by atoms with Gasteiger partial charge in [-0.1, -0.05) is 15.9 Å². The SMILES string of the molecule is Cc1nn(C)c(Oc2ccc(F)cc2[N+](=O)[O-])c1CBr. The summed E-state index contributed by atoms with van der Waals surface area (Å²) in [5.41, 5.74) is 1.11. The highest BCUT2D eigenvalue weighted by molar-refractivity contribution is 9.08. The molecule has 0 bridgehead atoms. The maximum Gasteiger partial charge on any atom is 0.314 e. The lowest BCUT2D eigenvalue weighted by atomic mass is 10.2. The molecule has 0 saturated carbocycles. The number of hydrogen-bond donors (Lipinski definition) is 0. The molecule has 0 N–H and O–H groups in total. The van der Waals surface area contributed by atoms with Crippen LogP contribution in [0.1, 0.15) is 11.3 Å². The molecule has 2 rings (SSSR count). The zero-order valence-corrected chi connectivity index (χ0v) is 12.3. The maximum absolute atomic E-state index is 13.1. The Balaban J connectivity index is 2.48. The minimum atomic E-state index is -0.689. The number of aryl methyl sites for hydroxylation is 2. The second-order valence-corrected chi connectivity index (χ2v) is 4.66. The second-order valence-electron chi connectivity index (χ2n) is 4.10. The molecule has 6 nitrogen and oxygen atoms in total. The molecule has 2 aromatic rings. The van der Waals surface area contributed by atoms with Crippen LogP contribution < -0.4 is 4.74 Å². The summed E-state index contributed by atoms with van der Waals surface area (Å²) in [7, 11) is 1.67. The molecule has 0 saturated heterocycles. The third-order valence-corrected chi connectivity index (χ3v) is 3.31. The predicted molar refractivity (Wildman–Crippen MR) is 73.7 cm³/mol. The van der Waals surface area contributed by atoms with Crippen LogP contribution in [-0.2, 0) is 12.4 Å². The first-order chi connectivity index (χ1) is 9.43. The normalized spacial score (nSPS) is 10.6. The summed E-state index contributed by atoms with van der Waals surface area (Å²) in [5, 5.41) is 15.6. The number of rotatable bonds is 4. The van der Waals surface area contributed by atoms with Crippen molar-refractivity contribution in [3.63, 3.8) is 0 Å². The van der Waals surface area contributed by atoms with E-state index in [4.69, 9.17) is 4.74 Å². The number of nitrogens with zero attached hydrogens (tertiary/aromatic N) is 3. The van der Waals surface area contributed by atoms with E-state index in [1.54, 1.807) is 7.05 Å². The Bertz CT molecular complexity index is 672. The molecule has 1 aromatic carbocycles. The van der Waals surface area contributed by atoms with Gasteiger partial charge in [0.15, 0.2) is 0 Å². The number of benzene rings is 1. The molecule has 1 aromatic heterocycles. The van der Waals surface area contributed by atoms with Crippen molar-refractivity contribution < 1.29 is 14.1 Å². The number of nitro groups is 1. The zero-order chi connectivity index (χ0) is 14.9. The monoisotopic (exact) mass is 343 g/mol. The lowest BCUT2D eigenvalue weighted by molar-refractivity contribution is -0.385. The fraction of sp³-hybridized carbons (Fsp3) is 0.250. The molecule has 20 heavy (non-hydrogen) atoms. The van der Waals surface area contributed by atoms with E-state index in [1.807, 2.05) is 6.92 Å². The van der Waals surface area contributed by atoms with E-state index in [0.717, 1.165) is 23.4 Å². The van der Waals surface area contributed by atoms with E-state index >= 15 is 0 Å². The van der Waals surface area contributed by atoms with Gasteiger partial charge < -0.3 is 4.74 Å². The van der Waals surface area contributed by atoms with Crippen LogP contribution in [0.4, 0.5) is 10.1 Å². The number of hydrogen-bond acceptors (Lipinski definition) is 4. The van der Waals surface area contributed by atoms with Gasteiger partial charge in [-0.2, -0.15) is 5.10 Å². The summed E-state index contributed by atoms with van der Waals surface area (Å²) in [6.07, 6.45) is 0. The molecule has 0 fully saturated rings. The molecule has 0 aliphatic rings. The van der Waals surface area contributed by atoms with Crippen molar-refractivity contribution in [1.82, 2.24) is 9.78 Å². The first-order valence-electron chi connectivity index (χ1n) is 5.64. The van der Waals surface area contributed by atoms with Crippen molar-refractivity contribution in [3.05, 3.63) is 45.4 Å². The lowest BCUT2D eigenvalue weighted by Gasteiger charge is -2.08. The van der Waals surface area contributed by atoms with Crippen LogP contribution in [-0.4, -0.2) is 14.7 Å². The molecule has 8 heteroatoms. The Labute approximate surface area is 122 Å². The van der Waals surface area contributed by atoms with Gasteiger partial charge in [0.1, 0.15) is 5.82 Å². The smallest absolute Gasteiger partial charge is 0.314 e. The molecule has 0 spiro atoms. The summed E-state index contributed by atoms with van der Waals surface area (Å²) >= 11 is 3.32. The number of ether oxygens (including phenoxy) is 1. The Hall–Kier alpha value is -1.96. The highest BCUT2D eigenvalue weighted by atomic mass is 79.9. The van der Waals surface area contributed by atoms with E-state index in [1.165, 1.54) is 10.7 Å².